The highest BCUT2D eigenvalue weighted by molar-refractivity contribution is 5.92. The van der Waals surface area contributed by atoms with Crippen molar-refractivity contribution in [3.05, 3.63) is 52.5 Å². The van der Waals surface area contributed by atoms with Crippen molar-refractivity contribution in [1.29, 1.82) is 0 Å². The summed E-state index contributed by atoms with van der Waals surface area (Å²) in [6.07, 6.45) is 3.04. The first-order valence-electron chi connectivity index (χ1n) is 6.07. The van der Waals surface area contributed by atoms with Gasteiger partial charge in [-0.1, -0.05) is 19.9 Å². The van der Waals surface area contributed by atoms with E-state index in [0.717, 1.165) is 5.69 Å². The molecule has 0 saturated carbocycles. The average molecular weight is 260 g/mol. The Balaban J connectivity index is 2.18. The molecule has 0 saturated heterocycles. The maximum Gasteiger partial charge on any atom is 0.323 e. The molecule has 2 aromatic heterocycles. The number of carbonyl (C=O) groups excluding carboxylic acids is 1. The van der Waals surface area contributed by atoms with Gasteiger partial charge in [-0.3, -0.25) is 9.78 Å². The summed E-state index contributed by atoms with van der Waals surface area (Å²) < 4.78 is 0. The fraction of sp³-hybridized carbons (Fsp3) is 0.308. The summed E-state index contributed by atoms with van der Waals surface area (Å²) >= 11 is 0. The van der Waals surface area contributed by atoms with Gasteiger partial charge >= 0.3 is 5.69 Å². The van der Waals surface area contributed by atoms with Crippen LogP contribution in [0.4, 0.5) is 0 Å². The number of amides is 1. The third-order valence-corrected chi connectivity index (χ3v) is 2.80. The minimum atomic E-state index is -0.399. The lowest BCUT2D eigenvalue weighted by Crippen LogP contribution is -2.32. The van der Waals surface area contributed by atoms with Crippen LogP contribution in [0.3, 0.4) is 0 Å². The summed E-state index contributed by atoms with van der Waals surface area (Å²) in [6.45, 7) is 4.00. The van der Waals surface area contributed by atoms with E-state index >= 15 is 0 Å². The van der Waals surface area contributed by atoms with Crippen molar-refractivity contribution in [2.45, 2.75) is 19.9 Å². The second-order valence-electron chi connectivity index (χ2n) is 4.61. The summed E-state index contributed by atoms with van der Waals surface area (Å²) in [6, 6.07) is 5.37. The Morgan fingerprint density at radius 3 is 2.68 bits per heavy atom. The number of aromatic nitrogens is 3. The van der Waals surface area contributed by atoms with Gasteiger partial charge in [0.2, 0.25) is 0 Å². The molecule has 2 aromatic rings. The molecule has 0 fully saturated rings. The third kappa shape index (κ3) is 3.09. The molecule has 19 heavy (non-hydrogen) atoms. The number of imidazole rings is 1. The number of hydrogen-bond acceptors (Lipinski definition) is 3. The number of nitrogens with one attached hydrogen (secondary N) is 3. The van der Waals surface area contributed by atoms with Gasteiger partial charge in [0, 0.05) is 12.4 Å². The summed E-state index contributed by atoms with van der Waals surface area (Å²) in [5, 5.41) is 2.87. The minimum Gasteiger partial charge on any atom is -0.342 e. The van der Waals surface area contributed by atoms with Gasteiger partial charge < -0.3 is 15.3 Å². The highest BCUT2D eigenvalue weighted by atomic mass is 16.2. The van der Waals surface area contributed by atoms with Gasteiger partial charge in [-0.05, 0) is 18.1 Å². The SMILES string of the molecule is CC(C)[C@H](NC(=O)c1c[nH]c(=O)[nH]1)c1ccccn1. The summed E-state index contributed by atoms with van der Waals surface area (Å²) in [4.78, 5) is 32.1. The van der Waals surface area contributed by atoms with Crippen LogP contribution < -0.4 is 11.0 Å². The van der Waals surface area contributed by atoms with Crippen LogP contribution in [0, 0.1) is 5.92 Å². The Morgan fingerprint density at radius 2 is 2.16 bits per heavy atom. The van der Waals surface area contributed by atoms with Gasteiger partial charge in [0.05, 0.1) is 11.7 Å². The number of pyridine rings is 1. The highest BCUT2D eigenvalue weighted by Gasteiger charge is 2.20. The Kier molecular flexibility index (Phi) is 3.79. The molecule has 0 aliphatic rings. The van der Waals surface area contributed by atoms with Crippen molar-refractivity contribution in [3.8, 4) is 0 Å². The zero-order chi connectivity index (χ0) is 13.8. The van der Waals surface area contributed by atoms with E-state index in [9.17, 15) is 9.59 Å². The molecule has 1 amide bonds. The van der Waals surface area contributed by atoms with Crippen LogP contribution in [0.25, 0.3) is 0 Å². The van der Waals surface area contributed by atoms with Gasteiger partial charge in [0.1, 0.15) is 5.69 Å². The van der Waals surface area contributed by atoms with Crippen molar-refractivity contribution in [1.82, 2.24) is 20.3 Å². The van der Waals surface area contributed by atoms with Crippen LogP contribution in [-0.2, 0) is 0 Å². The van der Waals surface area contributed by atoms with E-state index in [-0.39, 0.29) is 23.6 Å². The van der Waals surface area contributed by atoms with E-state index in [4.69, 9.17) is 0 Å². The van der Waals surface area contributed by atoms with Crippen LogP contribution in [-0.4, -0.2) is 20.9 Å². The van der Waals surface area contributed by atoms with Gasteiger partial charge in [-0.25, -0.2) is 4.79 Å². The molecule has 0 aliphatic carbocycles. The molecule has 0 unspecified atom stereocenters. The molecule has 0 bridgehead atoms. The van der Waals surface area contributed by atoms with Gasteiger partial charge in [0.25, 0.3) is 5.91 Å². The first-order chi connectivity index (χ1) is 9.08. The molecular weight excluding hydrogens is 244 g/mol. The molecule has 0 aromatic carbocycles. The smallest absolute Gasteiger partial charge is 0.323 e. The lowest BCUT2D eigenvalue weighted by molar-refractivity contribution is 0.0919. The minimum absolute atomic E-state index is 0.185. The topological polar surface area (TPSA) is 90.6 Å². The number of rotatable bonds is 4. The van der Waals surface area contributed by atoms with E-state index in [2.05, 4.69) is 20.3 Å². The first kappa shape index (κ1) is 13.1. The molecule has 100 valence electrons. The highest BCUT2D eigenvalue weighted by Crippen LogP contribution is 2.19. The monoisotopic (exact) mass is 260 g/mol. The standard InChI is InChI=1S/C13H16N4O2/c1-8(2)11(9-5-3-4-6-14-9)17-12(18)10-7-15-13(19)16-10/h3-8,11H,1-2H3,(H,17,18)(H2,15,16,19)/t11-/m0/s1. The lowest BCUT2D eigenvalue weighted by atomic mass is 10.00. The van der Waals surface area contributed by atoms with Crippen molar-refractivity contribution < 1.29 is 4.79 Å². The molecule has 6 heteroatoms. The average Bonchev–Trinajstić information content (AvgIpc) is 2.83. The number of H-pyrrole nitrogens is 2. The van der Waals surface area contributed by atoms with Gasteiger partial charge in [0.15, 0.2) is 0 Å². The molecule has 3 N–H and O–H groups in total. The first-order valence-corrected chi connectivity index (χ1v) is 6.07. The van der Waals surface area contributed by atoms with E-state index in [1.54, 1.807) is 6.20 Å². The predicted octanol–water partition coefficient (Wildman–Crippen LogP) is 1.23. The summed E-state index contributed by atoms with van der Waals surface area (Å²) in [7, 11) is 0. The van der Waals surface area contributed by atoms with Crippen LogP contribution in [0.2, 0.25) is 0 Å². The Labute approximate surface area is 110 Å². The molecule has 0 aliphatic heterocycles. The fourth-order valence-corrected chi connectivity index (χ4v) is 1.82. The molecule has 0 spiro atoms. The third-order valence-electron chi connectivity index (χ3n) is 2.80. The van der Waals surface area contributed by atoms with E-state index in [1.165, 1.54) is 6.20 Å². The zero-order valence-electron chi connectivity index (χ0n) is 10.8. The number of nitrogens with zero attached hydrogens (tertiary/aromatic N) is 1. The Hall–Kier alpha value is -2.37. The van der Waals surface area contributed by atoms with E-state index < -0.39 is 5.69 Å². The Bertz CT molecular complexity index is 600. The summed E-state index contributed by atoms with van der Waals surface area (Å²) in [5.41, 5.74) is 0.611. The second-order valence-corrected chi connectivity index (χ2v) is 4.61. The van der Waals surface area contributed by atoms with Crippen molar-refractivity contribution >= 4 is 5.91 Å². The molecule has 2 heterocycles. The Morgan fingerprint density at radius 1 is 1.37 bits per heavy atom. The van der Waals surface area contributed by atoms with Crippen molar-refractivity contribution in [2.75, 3.05) is 0 Å². The van der Waals surface area contributed by atoms with Crippen LogP contribution >= 0.6 is 0 Å². The lowest BCUT2D eigenvalue weighted by Gasteiger charge is -2.21. The molecule has 1 atom stereocenters. The predicted molar refractivity (Wildman–Crippen MR) is 70.7 cm³/mol. The fourth-order valence-electron chi connectivity index (χ4n) is 1.82. The molecule has 2 rings (SSSR count). The summed E-state index contributed by atoms with van der Waals surface area (Å²) in [5.74, 6) is -0.146. The van der Waals surface area contributed by atoms with Gasteiger partial charge in [-0.15, -0.1) is 0 Å². The number of hydrogen-bond donors (Lipinski definition) is 3. The molecular formula is C13H16N4O2. The van der Waals surface area contributed by atoms with E-state index in [0.29, 0.717) is 0 Å². The largest absolute Gasteiger partial charge is 0.342 e. The normalized spacial score (nSPS) is 12.4. The quantitative estimate of drug-likeness (QED) is 0.772. The van der Waals surface area contributed by atoms with Gasteiger partial charge in [-0.2, -0.15) is 0 Å². The van der Waals surface area contributed by atoms with Crippen LogP contribution in [0.15, 0.2) is 35.4 Å². The van der Waals surface area contributed by atoms with Crippen LogP contribution in [0.5, 0.6) is 0 Å². The second kappa shape index (κ2) is 5.51. The maximum absolute atomic E-state index is 12.0. The van der Waals surface area contributed by atoms with Crippen molar-refractivity contribution in [3.63, 3.8) is 0 Å². The van der Waals surface area contributed by atoms with E-state index in [1.807, 2.05) is 32.0 Å². The van der Waals surface area contributed by atoms with Crippen LogP contribution in [0.1, 0.15) is 36.1 Å². The molecule has 0 radical (unpaired) electrons. The molecule has 6 nitrogen and oxygen atoms in total. The number of aromatic amines is 2. The maximum atomic E-state index is 12.0. The van der Waals surface area contributed by atoms with Crippen molar-refractivity contribution in [2.24, 2.45) is 5.92 Å². The number of carbonyl (C=O) groups is 1. The zero-order valence-corrected chi connectivity index (χ0v) is 10.8.